The topological polar surface area (TPSA) is 24.4 Å². The van der Waals surface area contributed by atoms with Crippen molar-refractivity contribution in [1.29, 1.82) is 0 Å². The van der Waals surface area contributed by atoms with Gasteiger partial charge in [0, 0.05) is 15.2 Å². The van der Waals surface area contributed by atoms with E-state index in [1.54, 1.807) is 0 Å². The van der Waals surface area contributed by atoms with Crippen molar-refractivity contribution in [1.82, 2.24) is 5.32 Å². The zero-order valence-corrected chi connectivity index (χ0v) is 5.02. The first-order valence-electron chi connectivity index (χ1n) is 4.00. The summed E-state index contributed by atoms with van der Waals surface area (Å²) in [5, 5.41) is 3.05. The van der Waals surface area contributed by atoms with E-state index in [1.807, 2.05) is 6.92 Å². The molecule has 2 nitrogen and oxygen atoms in total. The first kappa shape index (κ1) is 3.49. The molecule has 0 aromatic carbocycles. The Kier molecular flexibility index (Phi) is 0.941. The van der Waals surface area contributed by atoms with Gasteiger partial charge >= 0.3 is 0 Å². The smallest absolute Gasteiger partial charge is 0.0990 e. The van der Waals surface area contributed by atoms with Crippen LogP contribution < -0.4 is 5.32 Å². The van der Waals surface area contributed by atoms with Gasteiger partial charge in [-0.15, -0.1) is 0 Å². The molecule has 1 heterocycles. The molecule has 1 atom stereocenters. The molecule has 46 valence electrons. The van der Waals surface area contributed by atoms with Crippen LogP contribution in [0.15, 0.2) is 4.99 Å². The predicted molar refractivity (Wildman–Crippen MR) is 35.1 cm³/mol. The Morgan fingerprint density at radius 1 is 2.00 bits per heavy atom. The van der Waals surface area contributed by atoms with Gasteiger partial charge in [0.1, 0.15) is 0 Å². The Morgan fingerprint density at radius 2 is 2.88 bits per heavy atom. The van der Waals surface area contributed by atoms with Gasteiger partial charge in [-0.1, -0.05) is 13.8 Å². The lowest BCUT2D eigenvalue weighted by molar-refractivity contribution is 0.838. The van der Waals surface area contributed by atoms with Crippen molar-refractivity contribution < 1.29 is 2.74 Å². The van der Waals surface area contributed by atoms with E-state index in [1.165, 1.54) is 0 Å². The molecule has 2 heteroatoms. The fourth-order valence-corrected chi connectivity index (χ4v) is 0.721. The van der Waals surface area contributed by atoms with Crippen molar-refractivity contribution in [3.05, 3.63) is 0 Å². The largest absolute Gasteiger partial charge is 0.372 e. The maximum atomic E-state index is 7.09. The van der Waals surface area contributed by atoms with Crippen LogP contribution in [0.4, 0.5) is 0 Å². The lowest BCUT2D eigenvalue weighted by Gasteiger charge is -2.02. The summed E-state index contributed by atoms with van der Waals surface area (Å²) < 4.78 is 14.2. The van der Waals surface area contributed by atoms with Crippen molar-refractivity contribution in [3.63, 3.8) is 0 Å². The minimum absolute atomic E-state index is 0.0671. The minimum atomic E-state index is -0.802. The molecular weight excluding hydrogens is 100 g/mol. The van der Waals surface area contributed by atoms with Crippen molar-refractivity contribution in [2.45, 2.75) is 13.8 Å². The van der Waals surface area contributed by atoms with Crippen LogP contribution in [0.25, 0.3) is 0 Å². The minimum Gasteiger partial charge on any atom is -0.372 e. The van der Waals surface area contributed by atoms with Crippen molar-refractivity contribution in [2.24, 2.45) is 10.9 Å². The van der Waals surface area contributed by atoms with E-state index in [4.69, 9.17) is 2.74 Å². The highest BCUT2D eigenvalue weighted by Crippen LogP contribution is 1.97. The van der Waals surface area contributed by atoms with Gasteiger partial charge < -0.3 is 5.32 Å². The lowest BCUT2D eigenvalue weighted by atomic mass is 10.2. The summed E-state index contributed by atoms with van der Waals surface area (Å²) >= 11 is 0. The van der Waals surface area contributed by atoms with E-state index in [-0.39, 0.29) is 5.92 Å². The summed E-state index contributed by atoms with van der Waals surface area (Å²) in [5.74, 6) is 0.762. The molecule has 1 rings (SSSR count). The van der Waals surface area contributed by atoms with Crippen LogP contribution in [-0.4, -0.2) is 18.9 Å². The van der Waals surface area contributed by atoms with Crippen LogP contribution in [0, 0.1) is 5.92 Å². The number of amidine groups is 1. The Hall–Kier alpha value is -0.530. The average Bonchev–Trinajstić information content (AvgIpc) is 2.36. The highest BCUT2D eigenvalue weighted by molar-refractivity contribution is 5.85. The Balaban J connectivity index is 2.47. The van der Waals surface area contributed by atoms with Crippen LogP contribution in [0.2, 0.25) is 0 Å². The fourth-order valence-electron chi connectivity index (χ4n) is 0.721. The molecule has 1 unspecified atom stereocenters. The normalized spacial score (nSPS) is 26.0. The molecule has 8 heavy (non-hydrogen) atoms. The molecule has 0 bridgehead atoms. The molecule has 0 radical (unpaired) electrons. The molecule has 0 aliphatic carbocycles. The lowest BCUT2D eigenvalue weighted by Crippen LogP contribution is -2.23. The van der Waals surface area contributed by atoms with E-state index in [0.29, 0.717) is 0 Å². The number of hydrogen-bond acceptors (Lipinski definition) is 2. The molecule has 1 aliphatic heterocycles. The van der Waals surface area contributed by atoms with Crippen LogP contribution in [0.1, 0.15) is 16.5 Å². The molecular formula is C6H12N2. The van der Waals surface area contributed by atoms with Crippen molar-refractivity contribution in [3.8, 4) is 0 Å². The van der Waals surface area contributed by atoms with E-state index >= 15 is 0 Å². The number of aliphatic imine (C=N–C) groups is 1. The molecule has 0 saturated heterocycles. The number of rotatable bonds is 1. The van der Waals surface area contributed by atoms with Gasteiger partial charge in [-0.3, -0.25) is 4.99 Å². The van der Waals surface area contributed by atoms with E-state index in [9.17, 15) is 0 Å². The van der Waals surface area contributed by atoms with Gasteiger partial charge in [-0.25, -0.2) is 0 Å². The number of nitrogens with one attached hydrogen (secondary N) is 1. The maximum absolute atomic E-state index is 7.09. The van der Waals surface area contributed by atoms with Crippen LogP contribution >= 0.6 is 0 Å². The second-order valence-electron chi connectivity index (χ2n) is 1.98. The summed E-state index contributed by atoms with van der Waals surface area (Å²) in [7, 11) is 0. The summed E-state index contributed by atoms with van der Waals surface area (Å²) in [5.41, 5.74) is 0. The summed E-state index contributed by atoms with van der Waals surface area (Å²) in [6.07, 6.45) is 0. The van der Waals surface area contributed by atoms with Crippen LogP contribution in [0.5, 0.6) is 0 Å². The predicted octanol–water partition coefficient (Wildman–Crippen LogP) is 0.644. The van der Waals surface area contributed by atoms with Crippen molar-refractivity contribution in [2.75, 3.05) is 13.1 Å². The van der Waals surface area contributed by atoms with Crippen LogP contribution in [0.3, 0.4) is 0 Å². The quantitative estimate of drug-likeness (QED) is 0.531. The first-order valence-corrected chi connectivity index (χ1v) is 2.84. The monoisotopic (exact) mass is 114 g/mol. The Morgan fingerprint density at radius 3 is 3.38 bits per heavy atom. The Bertz CT molecular complexity index is 145. The third-order valence-corrected chi connectivity index (χ3v) is 1.13. The van der Waals surface area contributed by atoms with E-state index < -0.39 is 6.88 Å². The highest BCUT2D eigenvalue weighted by atomic mass is 15.1. The second kappa shape index (κ2) is 2.16. The highest BCUT2D eigenvalue weighted by Gasteiger charge is 2.06. The molecule has 0 spiro atoms. The zero-order valence-electron chi connectivity index (χ0n) is 7.02. The van der Waals surface area contributed by atoms with Crippen molar-refractivity contribution >= 4 is 5.84 Å². The summed E-state index contributed by atoms with van der Waals surface area (Å²) in [4.78, 5) is 4.12. The second-order valence-corrected chi connectivity index (χ2v) is 1.98. The zero-order chi connectivity index (χ0) is 7.56. The first-order chi connectivity index (χ1) is 4.72. The third-order valence-electron chi connectivity index (χ3n) is 1.13. The van der Waals surface area contributed by atoms with Gasteiger partial charge in [0.25, 0.3) is 0 Å². The van der Waals surface area contributed by atoms with Gasteiger partial charge in [0.15, 0.2) is 0 Å². The fraction of sp³-hybridized carbons (Fsp3) is 0.833. The number of hydrogen-bond donors (Lipinski definition) is 1. The Labute approximate surface area is 52.8 Å². The van der Waals surface area contributed by atoms with Gasteiger partial charge in [-0.05, 0) is 0 Å². The molecule has 0 aromatic rings. The van der Waals surface area contributed by atoms with Gasteiger partial charge in [-0.2, -0.15) is 0 Å². The van der Waals surface area contributed by atoms with Crippen LogP contribution in [-0.2, 0) is 0 Å². The maximum Gasteiger partial charge on any atom is 0.0990 e. The van der Waals surface area contributed by atoms with E-state index in [0.717, 1.165) is 18.9 Å². The molecule has 1 N–H and O–H groups in total. The van der Waals surface area contributed by atoms with E-state index in [2.05, 4.69) is 10.3 Å². The SMILES string of the molecule is [2H]C([2H])C(C)C1=NCCN1. The number of nitrogens with zero attached hydrogens (tertiary/aromatic N) is 1. The van der Waals surface area contributed by atoms with Gasteiger partial charge in [0.2, 0.25) is 0 Å². The summed E-state index contributed by atoms with van der Waals surface area (Å²) in [6, 6.07) is 0. The molecule has 0 saturated carbocycles. The third kappa shape index (κ3) is 0.997. The molecule has 0 amide bonds. The van der Waals surface area contributed by atoms with Gasteiger partial charge in [0.05, 0.1) is 12.4 Å². The standard InChI is InChI=1S/C6H12N2/c1-5(2)6-7-3-4-8-6/h5H,3-4H2,1-2H3,(H,7,8)/i1D2. The molecule has 0 fully saturated rings. The average molecular weight is 114 g/mol. The molecule has 0 aromatic heterocycles. The molecule has 1 aliphatic rings. The summed E-state index contributed by atoms with van der Waals surface area (Å²) in [6.45, 7) is 2.71.